The fourth-order valence-corrected chi connectivity index (χ4v) is 5.48. The summed E-state index contributed by atoms with van der Waals surface area (Å²) < 4.78 is 11.2. The molecule has 0 radical (unpaired) electrons. The highest BCUT2D eigenvalue weighted by molar-refractivity contribution is 5.91. The molecule has 0 amide bonds. The van der Waals surface area contributed by atoms with Crippen molar-refractivity contribution in [2.45, 2.75) is 71.4 Å². The monoisotopic (exact) mass is 366 g/mol. The van der Waals surface area contributed by atoms with Crippen LogP contribution in [-0.4, -0.2) is 46.6 Å². The molecule has 0 aromatic heterocycles. The molecular formula is C20H30O6. The van der Waals surface area contributed by atoms with Gasteiger partial charge in [0.15, 0.2) is 0 Å². The Kier molecular flexibility index (Phi) is 4.95. The van der Waals surface area contributed by atoms with Crippen LogP contribution in [0.3, 0.4) is 0 Å². The van der Waals surface area contributed by atoms with E-state index in [1.165, 1.54) is 0 Å². The van der Waals surface area contributed by atoms with Gasteiger partial charge in [-0.3, -0.25) is 4.79 Å². The topological polar surface area (TPSA) is 93.1 Å². The quantitative estimate of drug-likeness (QED) is 0.585. The van der Waals surface area contributed by atoms with Gasteiger partial charge in [0.05, 0.1) is 18.1 Å². The van der Waals surface area contributed by atoms with E-state index in [0.29, 0.717) is 19.3 Å². The van der Waals surface area contributed by atoms with E-state index in [-0.39, 0.29) is 29.3 Å². The number of hydrogen-bond acceptors (Lipinski definition) is 6. The van der Waals surface area contributed by atoms with E-state index in [1.807, 2.05) is 27.7 Å². The van der Waals surface area contributed by atoms with Gasteiger partial charge < -0.3 is 19.7 Å². The number of carbonyl (C=O) groups excluding carboxylic acids is 2. The fourth-order valence-electron chi connectivity index (χ4n) is 5.48. The molecule has 6 heteroatoms. The fraction of sp³-hybridized carbons (Fsp3) is 0.800. The van der Waals surface area contributed by atoms with Crippen LogP contribution in [0.25, 0.3) is 0 Å². The minimum atomic E-state index is -0.976. The van der Waals surface area contributed by atoms with Crippen LogP contribution in [0.1, 0.15) is 47.0 Å². The van der Waals surface area contributed by atoms with Crippen LogP contribution in [0.2, 0.25) is 0 Å². The molecule has 0 bridgehead atoms. The van der Waals surface area contributed by atoms with Crippen LogP contribution in [0.15, 0.2) is 12.2 Å². The zero-order valence-corrected chi connectivity index (χ0v) is 16.0. The first kappa shape index (κ1) is 19.4. The van der Waals surface area contributed by atoms with Crippen LogP contribution < -0.4 is 0 Å². The predicted molar refractivity (Wildman–Crippen MR) is 93.9 cm³/mol. The average molecular weight is 366 g/mol. The van der Waals surface area contributed by atoms with Crippen LogP contribution in [0, 0.1) is 29.1 Å². The maximum Gasteiger partial charge on any atom is 0.334 e. The Morgan fingerprint density at radius 1 is 1.38 bits per heavy atom. The summed E-state index contributed by atoms with van der Waals surface area (Å²) in [7, 11) is 0. The van der Waals surface area contributed by atoms with Crippen molar-refractivity contribution in [2.24, 2.45) is 29.1 Å². The molecule has 0 aromatic rings. The number of aliphatic hydroxyl groups is 2. The van der Waals surface area contributed by atoms with E-state index in [2.05, 4.69) is 6.58 Å². The van der Waals surface area contributed by atoms with Crippen LogP contribution >= 0.6 is 0 Å². The SMILES string of the molecule is C=C1C(=O)O[C@@H]2C[C@@H](C)[C@@H]3[C@@H](O)C[C@@H](OC(=O)CC(C)C)[C@@]3(C)[C@@H](O)[C@H]12. The van der Waals surface area contributed by atoms with Crippen LogP contribution in [0.4, 0.5) is 0 Å². The second-order valence-electron chi connectivity index (χ2n) is 8.92. The van der Waals surface area contributed by atoms with E-state index in [1.54, 1.807) is 0 Å². The summed E-state index contributed by atoms with van der Waals surface area (Å²) in [5.74, 6) is -1.40. The summed E-state index contributed by atoms with van der Waals surface area (Å²) in [5.41, 5.74) is -0.591. The Morgan fingerprint density at radius 2 is 2.04 bits per heavy atom. The van der Waals surface area contributed by atoms with Crippen LogP contribution in [-0.2, 0) is 19.1 Å². The molecule has 8 atom stereocenters. The lowest BCUT2D eigenvalue weighted by molar-refractivity contribution is -0.165. The molecule has 0 spiro atoms. The van der Waals surface area contributed by atoms with Gasteiger partial charge in [-0.05, 0) is 24.2 Å². The maximum atomic E-state index is 12.3. The molecule has 6 nitrogen and oxygen atoms in total. The normalized spacial score (nSPS) is 45.1. The number of hydrogen-bond donors (Lipinski definition) is 2. The molecule has 0 unspecified atom stereocenters. The Hall–Kier alpha value is -1.40. The first-order valence-electron chi connectivity index (χ1n) is 9.52. The van der Waals surface area contributed by atoms with Crippen molar-refractivity contribution in [2.75, 3.05) is 0 Å². The van der Waals surface area contributed by atoms with Crippen molar-refractivity contribution in [3.63, 3.8) is 0 Å². The van der Waals surface area contributed by atoms with Gasteiger partial charge in [0.1, 0.15) is 12.2 Å². The zero-order valence-electron chi connectivity index (χ0n) is 16.0. The molecule has 1 heterocycles. The molecule has 0 aromatic carbocycles. The second-order valence-corrected chi connectivity index (χ2v) is 8.92. The number of fused-ring (bicyclic) bond motifs is 2. The molecule has 3 aliphatic rings. The van der Waals surface area contributed by atoms with Crippen molar-refractivity contribution < 1.29 is 29.3 Å². The van der Waals surface area contributed by atoms with Gasteiger partial charge in [0.25, 0.3) is 0 Å². The number of esters is 2. The van der Waals surface area contributed by atoms with E-state index in [4.69, 9.17) is 9.47 Å². The lowest BCUT2D eigenvalue weighted by atomic mass is 9.67. The molecule has 2 N–H and O–H groups in total. The highest BCUT2D eigenvalue weighted by Crippen LogP contribution is 2.57. The molecule has 2 saturated carbocycles. The third kappa shape index (κ3) is 2.87. The Morgan fingerprint density at radius 3 is 2.65 bits per heavy atom. The van der Waals surface area contributed by atoms with Gasteiger partial charge in [-0.1, -0.05) is 34.3 Å². The van der Waals surface area contributed by atoms with Crippen molar-refractivity contribution >= 4 is 11.9 Å². The highest BCUT2D eigenvalue weighted by Gasteiger charge is 2.65. The predicted octanol–water partition coefficient (Wildman–Crippen LogP) is 1.83. The van der Waals surface area contributed by atoms with Crippen molar-refractivity contribution in [1.29, 1.82) is 0 Å². The molecule has 1 aliphatic heterocycles. The van der Waals surface area contributed by atoms with Gasteiger partial charge in [-0.15, -0.1) is 0 Å². The summed E-state index contributed by atoms with van der Waals surface area (Å²) in [4.78, 5) is 24.2. The Bertz CT molecular complexity index is 613. The summed E-state index contributed by atoms with van der Waals surface area (Å²) in [5, 5.41) is 22.0. The standard InChI is InChI=1S/C20H30O6/c1-9(2)6-15(22)26-14-8-12(21)17-10(3)7-13-16(11(4)19(24)25-13)18(23)20(14,17)5/h9-10,12-14,16-18,21,23H,4,6-8H2,1-3,5H3/t10-,12+,13-,14-,16-,17-,18+,20-/m1/s1. The first-order chi connectivity index (χ1) is 12.1. The zero-order chi connectivity index (χ0) is 19.4. The van der Waals surface area contributed by atoms with Gasteiger partial charge in [0, 0.05) is 23.8 Å². The first-order valence-corrected chi connectivity index (χ1v) is 9.52. The number of carbonyl (C=O) groups is 2. The molecule has 3 rings (SSSR count). The highest BCUT2D eigenvalue weighted by atomic mass is 16.6. The molecule has 2 aliphatic carbocycles. The molecule has 146 valence electrons. The Labute approximate surface area is 154 Å². The molecular weight excluding hydrogens is 336 g/mol. The summed E-state index contributed by atoms with van der Waals surface area (Å²) in [6.45, 7) is 11.6. The van der Waals surface area contributed by atoms with Gasteiger partial charge in [-0.2, -0.15) is 0 Å². The van der Waals surface area contributed by atoms with Crippen LogP contribution in [0.5, 0.6) is 0 Å². The van der Waals surface area contributed by atoms with Crippen molar-refractivity contribution in [3.05, 3.63) is 12.2 Å². The molecule has 1 saturated heterocycles. The van der Waals surface area contributed by atoms with E-state index in [9.17, 15) is 19.8 Å². The maximum absolute atomic E-state index is 12.3. The van der Waals surface area contributed by atoms with Gasteiger partial charge in [0.2, 0.25) is 0 Å². The molecule has 3 fully saturated rings. The van der Waals surface area contributed by atoms with E-state index in [0.717, 1.165) is 0 Å². The summed E-state index contributed by atoms with van der Waals surface area (Å²) in [6.07, 6.45) is -1.56. The largest absolute Gasteiger partial charge is 0.462 e. The third-order valence-electron chi connectivity index (χ3n) is 6.65. The average Bonchev–Trinajstić information content (AvgIpc) is 2.89. The van der Waals surface area contributed by atoms with E-state index < -0.39 is 41.7 Å². The summed E-state index contributed by atoms with van der Waals surface area (Å²) >= 11 is 0. The lowest BCUT2D eigenvalue weighted by Crippen LogP contribution is -2.50. The number of rotatable bonds is 3. The van der Waals surface area contributed by atoms with Crippen molar-refractivity contribution in [3.8, 4) is 0 Å². The summed E-state index contributed by atoms with van der Waals surface area (Å²) in [6, 6.07) is 0. The molecule has 26 heavy (non-hydrogen) atoms. The third-order valence-corrected chi connectivity index (χ3v) is 6.65. The minimum absolute atomic E-state index is 0.00662. The van der Waals surface area contributed by atoms with E-state index >= 15 is 0 Å². The Balaban J connectivity index is 1.95. The number of aliphatic hydroxyl groups excluding tert-OH is 2. The smallest absolute Gasteiger partial charge is 0.334 e. The van der Waals surface area contributed by atoms with Crippen molar-refractivity contribution in [1.82, 2.24) is 0 Å². The minimum Gasteiger partial charge on any atom is -0.462 e. The number of ether oxygens (including phenoxy) is 2. The lowest BCUT2D eigenvalue weighted by Gasteiger charge is -2.42. The van der Waals surface area contributed by atoms with Gasteiger partial charge in [-0.25, -0.2) is 4.79 Å². The second kappa shape index (κ2) is 6.64. The van der Waals surface area contributed by atoms with Gasteiger partial charge >= 0.3 is 11.9 Å².